The number of aromatic amines is 1. The Hall–Kier alpha value is -2.87. The zero-order valence-corrected chi connectivity index (χ0v) is 21.0. The SMILES string of the molecule is CC(O)C(=O)O.Cc1ccc(CN(CC(O)COc2cccc3[nH]cc(C)c23)C(C)(C)C)cc1. The summed E-state index contributed by atoms with van der Waals surface area (Å²) in [6, 6.07) is 14.6. The Morgan fingerprint density at radius 3 is 2.26 bits per heavy atom. The second kappa shape index (κ2) is 12.0. The number of carboxylic acid groups (broad SMARTS) is 1. The maximum Gasteiger partial charge on any atom is 0.332 e. The van der Waals surface area contributed by atoms with E-state index in [-0.39, 0.29) is 12.1 Å². The quantitative estimate of drug-likeness (QED) is 0.392. The van der Waals surface area contributed by atoms with Gasteiger partial charge in [-0.2, -0.15) is 0 Å². The van der Waals surface area contributed by atoms with E-state index < -0.39 is 18.2 Å². The van der Waals surface area contributed by atoms with E-state index in [1.165, 1.54) is 18.1 Å². The van der Waals surface area contributed by atoms with Crippen molar-refractivity contribution < 1.29 is 24.9 Å². The highest BCUT2D eigenvalue weighted by Crippen LogP contribution is 2.28. The van der Waals surface area contributed by atoms with Crippen LogP contribution in [-0.4, -0.2) is 62.1 Å². The Kier molecular flexibility index (Phi) is 9.67. The van der Waals surface area contributed by atoms with Crippen LogP contribution in [-0.2, 0) is 11.3 Å². The van der Waals surface area contributed by atoms with Gasteiger partial charge in [0.05, 0.1) is 0 Å². The number of fused-ring (bicyclic) bond motifs is 1. The summed E-state index contributed by atoms with van der Waals surface area (Å²) in [6.07, 6.45) is 0.181. The standard InChI is InChI=1S/C24H32N2O2.C3H6O3/c1-17-9-11-19(12-10-17)14-26(24(3,4)5)15-20(27)16-28-22-8-6-7-21-23(22)18(2)13-25-21;1-2(4)3(5)6/h6-13,20,25,27H,14-16H2,1-5H3;2,4H,1H3,(H,5,6). The molecule has 186 valence electrons. The summed E-state index contributed by atoms with van der Waals surface area (Å²) in [4.78, 5) is 15.0. The molecule has 0 bridgehead atoms. The molecule has 0 aliphatic carbocycles. The highest BCUT2D eigenvalue weighted by atomic mass is 16.5. The molecular weight excluding hydrogens is 432 g/mol. The lowest BCUT2D eigenvalue weighted by Crippen LogP contribution is -2.46. The fourth-order valence-electron chi connectivity index (χ4n) is 3.42. The van der Waals surface area contributed by atoms with E-state index >= 15 is 0 Å². The first-order chi connectivity index (χ1) is 15.9. The second-order valence-corrected chi connectivity index (χ2v) is 9.67. The van der Waals surface area contributed by atoms with Gasteiger partial charge in [-0.05, 0) is 64.8 Å². The molecule has 3 aromatic rings. The van der Waals surface area contributed by atoms with E-state index in [1.807, 2.05) is 24.4 Å². The van der Waals surface area contributed by atoms with Crippen LogP contribution in [0.5, 0.6) is 5.75 Å². The average molecular weight is 471 g/mol. The summed E-state index contributed by atoms with van der Waals surface area (Å²) >= 11 is 0. The molecule has 0 aliphatic rings. The number of benzene rings is 2. The first-order valence-electron chi connectivity index (χ1n) is 11.5. The smallest absolute Gasteiger partial charge is 0.332 e. The molecule has 2 atom stereocenters. The molecule has 3 rings (SSSR count). The van der Waals surface area contributed by atoms with E-state index in [0.717, 1.165) is 28.8 Å². The van der Waals surface area contributed by atoms with Gasteiger partial charge in [0.15, 0.2) is 0 Å². The number of ether oxygens (including phenoxy) is 1. The van der Waals surface area contributed by atoms with E-state index in [4.69, 9.17) is 14.9 Å². The number of carbonyl (C=O) groups is 1. The molecule has 34 heavy (non-hydrogen) atoms. The number of aryl methyl sites for hydroxylation is 2. The van der Waals surface area contributed by atoms with E-state index in [0.29, 0.717) is 6.54 Å². The number of H-pyrrole nitrogens is 1. The summed E-state index contributed by atoms with van der Waals surface area (Å²) in [6.45, 7) is 13.5. The number of aliphatic hydroxyl groups is 2. The van der Waals surface area contributed by atoms with Gasteiger partial charge in [0.2, 0.25) is 0 Å². The number of hydrogen-bond acceptors (Lipinski definition) is 5. The third-order valence-electron chi connectivity index (χ3n) is 5.53. The number of rotatable bonds is 8. The minimum Gasteiger partial charge on any atom is -0.490 e. The Bertz CT molecular complexity index is 1050. The van der Waals surface area contributed by atoms with E-state index in [2.05, 4.69) is 68.8 Å². The number of nitrogens with zero attached hydrogens (tertiary/aromatic N) is 1. The number of aliphatic carboxylic acids is 1. The van der Waals surface area contributed by atoms with Crippen molar-refractivity contribution in [2.45, 2.75) is 65.8 Å². The van der Waals surface area contributed by atoms with Gasteiger partial charge in [-0.1, -0.05) is 35.9 Å². The Morgan fingerprint density at radius 1 is 1.09 bits per heavy atom. The Morgan fingerprint density at radius 2 is 1.71 bits per heavy atom. The summed E-state index contributed by atoms with van der Waals surface area (Å²) in [7, 11) is 0. The van der Waals surface area contributed by atoms with Gasteiger partial charge in [0.1, 0.15) is 24.6 Å². The van der Waals surface area contributed by atoms with Crippen LogP contribution in [0.2, 0.25) is 0 Å². The highest BCUT2D eigenvalue weighted by Gasteiger charge is 2.24. The van der Waals surface area contributed by atoms with Gasteiger partial charge in [-0.3, -0.25) is 4.90 Å². The number of carboxylic acids is 1. The van der Waals surface area contributed by atoms with Crippen molar-refractivity contribution in [3.05, 3.63) is 65.4 Å². The molecule has 0 spiro atoms. The lowest BCUT2D eigenvalue weighted by molar-refractivity contribution is -0.145. The van der Waals surface area contributed by atoms with Crippen LogP contribution < -0.4 is 4.74 Å². The van der Waals surface area contributed by atoms with Crippen LogP contribution >= 0.6 is 0 Å². The molecule has 2 unspecified atom stereocenters. The normalized spacial score (nSPS) is 13.3. The fraction of sp³-hybridized carbons (Fsp3) is 0.444. The first-order valence-corrected chi connectivity index (χ1v) is 11.5. The predicted octanol–water partition coefficient (Wildman–Crippen LogP) is 4.28. The lowest BCUT2D eigenvalue weighted by atomic mass is 10.0. The van der Waals surface area contributed by atoms with Crippen molar-refractivity contribution in [1.82, 2.24) is 9.88 Å². The van der Waals surface area contributed by atoms with Crippen molar-refractivity contribution >= 4 is 16.9 Å². The van der Waals surface area contributed by atoms with Crippen LogP contribution in [0.15, 0.2) is 48.7 Å². The molecular formula is C27H38N2O5. The summed E-state index contributed by atoms with van der Waals surface area (Å²) < 4.78 is 6.00. The molecule has 0 amide bonds. The lowest BCUT2D eigenvalue weighted by Gasteiger charge is -2.37. The highest BCUT2D eigenvalue weighted by molar-refractivity contribution is 5.89. The molecule has 0 aliphatic heterocycles. The molecule has 0 fully saturated rings. The van der Waals surface area contributed by atoms with Crippen molar-refractivity contribution in [2.24, 2.45) is 0 Å². The van der Waals surface area contributed by atoms with Crippen LogP contribution in [0.4, 0.5) is 0 Å². The van der Waals surface area contributed by atoms with Gasteiger partial charge >= 0.3 is 5.97 Å². The first kappa shape index (κ1) is 27.4. The second-order valence-electron chi connectivity index (χ2n) is 9.67. The minimum atomic E-state index is -1.23. The fourth-order valence-corrected chi connectivity index (χ4v) is 3.42. The molecule has 0 radical (unpaired) electrons. The van der Waals surface area contributed by atoms with E-state index in [9.17, 15) is 9.90 Å². The molecule has 7 heteroatoms. The largest absolute Gasteiger partial charge is 0.490 e. The molecule has 7 nitrogen and oxygen atoms in total. The molecule has 1 heterocycles. The van der Waals surface area contributed by atoms with Crippen LogP contribution in [0.3, 0.4) is 0 Å². The summed E-state index contributed by atoms with van der Waals surface area (Å²) in [5.41, 5.74) is 4.66. The molecule has 1 aromatic heterocycles. The zero-order valence-electron chi connectivity index (χ0n) is 21.0. The maximum absolute atomic E-state index is 10.7. The number of aliphatic hydroxyl groups excluding tert-OH is 2. The number of aromatic nitrogens is 1. The van der Waals surface area contributed by atoms with Crippen molar-refractivity contribution in [2.75, 3.05) is 13.2 Å². The third kappa shape index (κ3) is 8.17. The number of nitrogens with one attached hydrogen (secondary N) is 1. The van der Waals surface area contributed by atoms with Gasteiger partial charge in [0, 0.05) is 35.7 Å². The summed E-state index contributed by atoms with van der Waals surface area (Å²) in [5.74, 6) is -0.369. The topological polar surface area (TPSA) is 106 Å². The van der Waals surface area contributed by atoms with Crippen LogP contribution in [0, 0.1) is 13.8 Å². The zero-order chi connectivity index (χ0) is 25.5. The third-order valence-corrected chi connectivity index (χ3v) is 5.53. The molecule has 2 aromatic carbocycles. The van der Waals surface area contributed by atoms with Gasteiger partial charge in [-0.25, -0.2) is 4.79 Å². The predicted molar refractivity (Wildman–Crippen MR) is 135 cm³/mol. The minimum absolute atomic E-state index is 0.0525. The number of β-amino-alcohol motifs (C(OH)–C–C–N with tert-alkyl or cyclic N) is 1. The van der Waals surface area contributed by atoms with Gasteiger partial charge in [0.25, 0.3) is 0 Å². The van der Waals surface area contributed by atoms with Gasteiger partial charge in [-0.15, -0.1) is 0 Å². The van der Waals surface area contributed by atoms with Gasteiger partial charge < -0.3 is 25.0 Å². The van der Waals surface area contributed by atoms with Crippen LogP contribution in [0.25, 0.3) is 10.9 Å². The monoisotopic (exact) mass is 470 g/mol. The molecule has 0 saturated heterocycles. The van der Waals surface area contributed by atoms with E-state index in [1.54, 1.807) is 0 Å². The van der Waals surface area contributed by atoms with Crippen molar-refractivity contribution in [1.29, 1.82) is 0 Å². The maximum atomic E-state index is 10.7. The van der Waals surface area contributed by atoms with Crippen molar-refractivity contribution in [3.63, 3.8) is 0 Å². The van der Waals surface area contributed by atoms with Crippen LogP contribution in [0.1, 0.15) is 44.4 Å². The molecule has 0 saturated carbocycles. The number of hydrogen-bond donors (Lipinski definition) is 4. The summed E-state index contributed by atoms with van der Waals surface area (Å²) in [5, 5.41) is 27.5. The Balaban J connectivity index is 0.000000604. The molecule has 4 N–H and O–H groups in total. The van der Waals surface area contributed by atoms with Crippen molar-refractivity contribution in [3.8, 4) is 5.75 Å². The average Bonchev–Trinajstić information content (AvgIpc) is 3.14. The Labute approximate surface area is 202 Å².